The van der Waals surface area contributed by atoms with Crippen LogP contribution in [0.4, 0.5) is 0 Å². The van der Waals surface area contributed by atoms with E-state index in [2.05, 4.69) is 19.2 Å². The van der Waals surface area contributed by atoms with Gasteiger partial charge in [0.15, 0.2) is 0 Å². The number of amides is 1. The van der Waals surface area contributed by atoms with Crippen LogP contribution in [0, 0.1) is 0 Å². The van der Waals surface area contributed by atoms with Gasteiger partial charge in [-0.3, -0.25) is 9.36 Å². The van der Waals surface area contributed by atoms with E-state index in [4.69, 9.17) is 39.2 Å². The highest BCUT2D eigenvalue weighted by molar-refractivity contribution is 7.99. The van der Waals surface area contributed by atoms with Crippen LogP contribution in [0.25, 0.3) is 0 Å². The van der Waals surface area contributed by atoms with Gasteiger partial charge in [0.1, 0.15) is 0 Å². The molecule has 0 fully saturated rings. The minimum absolute atomic E-state index is 0.0102. The minimum Gasteiger partial charge on any atom is -0.379 e. The zero-order valence-corrected chi connectivity index (χ0v) is 35.3. The first-order chi connectivity index (χ1) is 25.2. The van der Waals surface area contributed by atoms with Crippen LogP contribution in [0.5, 0.6) is 0 Å². The van der Waals surface area contributed by atoms with E-state index in [9.17, 15) is 9.36 Å². The molecule has 0 aromatic heterocycles. The first-order valence-electron chi connectivity index (χ1n) is 20.8. The Bertz CT molecular complexity index is 812. The molecule has 0 spiro atoms. The Morgan fingerprint density at radius 3 is 1.58 bits per heavy atom. The summed E-state index contributed by atoms with van der Waals surface area (Å²) in [6.45, 7) is 10.1. The van der Waals surface area contributed by atoms with Crippen molar-refractivity contribution in [3.63, 3.8) is 0 Å². The standard InChI is InChI=1S/C39H81N2O9PS/c1-4-6-8-10-12-14-16-18-20-22-24-48-33-37(50-25-23-21-19-17-15-13-11-9-7-5-2)34-52-35-38(40)39(42)41-36(3)32-49-29-28-46-26-27-47-30-31-51(43,44)45/h36-38H,4-35,40H2,1-3H3,(H,41,42)(H2,43,44,45)/t36-,37+,38-/m0/s1. The number of nitrogens with two attached hydrogens (primary N) is 1. The van der Waals surface area contributed by atoms with E-state index < -0.39 is 13.6 Å². The molecule has 0 aliphatic rings. The molecule has 0 bridgehead atoms. The lowest BCUT2D eigenvalue weighted by atomic mass is 10.1. The Morgan fingerprint density at radius 2 is 1.06 bits per heavy atom. The van der Waals surface area contributed by atoms with Crippen LogP contribution in [0.1, 0.15) is 149 Å². The fourth-order valence-corrected chi connectivity index (χ4v) is 6.93. The van der Waals surface area contributed by atoms with Crippen LogP contribution < -0.4 is 11.1 Å². The van der Waals surface area contributed by atoms with E-state index in [1.54, 1.807) is 11.8 Å². The maximum atomic E-state index is 12.7. The second-order valence-corrected chi connectivity index (χ2v) is 17.0. The van der Waals surface area contributed by atoms with Crippen molar-refractivity contribution in [2.45, 2.75) is 167 Å². The summed E-state index contributed by atoms with van der Waals surface area (Å²) in [6, 6.07) is -0.826. The van der Waals surface area contributed by atoms with Gasteiger partial charge in [0.05, 0.1) is 64.6 Å². The number of carbonyl (C=O) groups excluding carboxylic acids is 1. The van der Waals surface area contributed by atoms with Crippen molar-refractivity contribution in [3.05, 3.63) is 0 Å². The van der Waals surface area contributed by atoms with Crippen LogP contribution in [0.3, 0.4) is 0 Å². The SMILES string of the molecule is CCCCCCCCCCCCOC[C@H](CSC[C@H](N)C(=O)N[C@@H](C)COCCOCCOCCP(=O)(O)O)OCCCCCCCCCCCC. The first kappa shape index (κ1) is 51.7. The summed E-state index contributed by atoms with van der Waals surface area (Å²) < 4.78 is 39.2. The van der Waals surface area contributed by atoms with Gasteiger partial charge in [0.2, 0.25) is 5.91 Å². The predicted molar refractivity (Wildman–Crippen MR) is 217 cm³/mol. The number of ether oxygens (including phenoxy) is 5. The summed E-state index contributed by atoms with van der Waals surface area (Å²) in [5.41, 5.74) is 6.23. The highest BCUT2D eigenvalue weighted by Gasteiger charge is 2.18. The number of rotatable bonds is 42. The molecule has 11 nitrogen and oxygen atoms in total. The molecule has 0 heterocycles. The number of thioether (sulfide) groups is 1. The predicted octanol–water partition coefficient (Wildman–Crippen LogP) is 8.02. The van der Waals surface area contributed by atoms with Crippen LogP contribution in [-0.4, -0.2) is 111 Å². The molecule has 13 heteroatoms. The molecular formula is C39H81N2O9PS. The van der Waals surface area contributed by atoms with Gasteiger partial charge in [-0.25, -0.2) is 0 Å². The van der Waals surface area contributed by atoms with Gasteiger partial charge in [-0.05, 0) is 19.8 Å². The normalized spacial score (nSPS) is 13.7. The van der Waals surface area contributed by atoms with Crippen molar-refractivity contribution in [2.75, 3.05) is 77.1 Å². The Kier molecular flexibility index (Phi) is 38.8. The molecule has 0 aliphatic heterocycles. The number of unbranched alkanes of at least 4 members (excludes halogenated alkanes) is 18. The van der Waals surface area contributed by atoms with E-state index in [1.807, 2.05) is 6.92 Å². The topological polar surface area (TPSA) is 159 Å². The van der Waals surface area contributed by atoms with Crippen LogP contribution in [-0.2, 0) is 33.0 Å². The van der Waals surface area contributed by atoms with Crippen molar-refractivity contribution in [2.24, 2.45) is 5.73 Å². The van der Waals surface area contributed by atoms with E-state index in [0.717, 1.165) is 31.8 Å². The molecule has 1 amide bonds. The van der Waals surface area contributed by atoms with Gasteiger partial charge in [0, 0.05) is 30.8 Å². The van der Waals surface area contributed by atoms with E-state index in [1.165, 1.54) is 116 Å². The van der Waals surface area contributed by atoms with Crippen LogP contribution >= 0.6 is 19.4 Å². The summed E-state index contributed by atoms with van der Waals surface area (Å²) in [7, 11) is -4.03. The largest absolute Gasteiger partial charge is 0.379 e. The van der Waals surface area contributed by atoms with Crippen molar-refractivity contribution >= 4 is 25.3 Å². The summed E-state index contributed by atoms with van der Waals surface area (Å²) in [5.74, 6) is 1.04. The van der Waals surface area contributed by atoms with Gasteiger partial charge in [-0.1, -0.05) is 129 Å². The second kappa shape index (κ2) is 39.0. The number of hydrogen-bond acceptors (Lipinski definition) is 9. The highest BCUT2D eigenvalue weighted by Crippen LogP contribution is 2.33. The fourth-order valence-electron chi connectivity index (χ4n) is 5.57. The molecule has 5 N–H and O–H groups in total. The van der Waals surface area contributed by atoms with Crippen molar-refractivity contribution < 1.29 is 42.8 Å². The lowest BCUT2D eigenvalue weighted by molar-refractivity contribution is -0.122. The molecule has 0 saturated heterocycles. The second-order valence-electron chi connectivity index (χ2n) is 14.2. The molecule has 0 aromatic rings. The summed E-state index contributed by atoms with van der Waals surface area (Å²) in [6.07, 6.45) is 25.7. The fraction of sp³-hybridized carbons (Fsp3) is 0.974. The molecule has 52 heavy (non-hydrogen) atoms. The lowest BCUT2D eigenvalue weighted by Crippen LogP contribution is -2.47. The smallest absolute Gasteiger partial charge is 0.327 e. The van der Waals surface area contributed by atoms with Gasteiger partial charge >= 0.3 is 7.60 Å². The number of hydrogen-bond donors (Lipinski definition) is 4. The molecule has 0 aliphatic carbocycles. The zero-order valence-electron chi connectivity index (χ0n) is 33.5. The number of carbonyl (C=O) groups is 1. The molecule has 312 valence electrons. The maximum Gasteiger partial charge on any atom is 0.327 e. The van der Waals surface area contributed by atoms with Crippen molar-refractivity contribution in [3.8, 4) is 0 Å². The Morgan fingerprint density at radius 1 is 0.615 bits per heavy atom. The van der Waals surface area contributed by atoms with Gasteiger partial charge < -0.3 is 44.5 Å². The zero-order chi connectivity index (χ0) is 38.4. The molecule has 3 atom stereocenters. The van der Waals surface area contributed by atoms with Crippen LogP contribution in [0.2, 0.25) is 0 Å². The third kappa shape index (κ3) is 39.4. The quantitative estimate of drug-likeness (QED) is 0.0351. The van der Waals surface area contributed by atoms with E-state index in [0.29, 0.717) is 38.8 Å². The molecular weight excluding hydrogens is 703 g/mol. The van der Waals surface area contributed by atoms with Gasteiger partial charge in [-0.2, -0.15) is 11.8 Å². The average Bonchev–Trinajstić information content (AvgIpc) is 3.10. The maximum absolute atomic E-state index is 12.7. The first-order valence-corrected chi connectivity index (χ1v) is 23.8. The molecule has 0 rings (SSSR count). The van der Waals surface area contributed by atoms with E-state index in [-0.39, 0.29) is 37.4 Å². The molecule has 0 unspecified atom stereocenters. The summed E-state index contributed by atoms with van der Waals surface area (Å²) >= 11 is 1.64. The summed E-state index contributed by atoms with van der Waals surface area (Å²) in [4.78, 5) is 30.3. The van der Waals surface area contributed by atoms with Crippen molar-refractivity contribution in [1.29, 1.82) is 0 Å². The van der Waals surface area contributed by atoms with Gasteiger partial charge in [0.25, 0.3) is 0 Å². The molecule has 0 radical (unpaired) electrons. The Labute approximate surface area is 322 Å². The third-order valence-electron chi connectivity index (χ3n) is 8.76. The average molecular weight is 785 g/mol. The van der Waals surface area contributed by atoms with Gasteiger partial charge in [-0.15, -0.1) is 0 Å². The van der Waals surface area contributed by atoms with Crippen molar-refractivity contribution in [1.82, 2.24) is 5.32 Å². The third-order valence-corrected chi connectivity index (χ3v) is 10.7. The number of nitrogens with one attached hydrogen (secondary N) is 1. The summed E-state index contributed by atoms with van der Waals surface area (Å²) in [5, 5.41) is 2.93. The minimum atomic E-state index is -4.03. The van der Waals surface area contributed by atoms with E-state index >= 15 is 0 Å². The van der Waals surface area contributed by atoms with Crippen LogP contribution in [0.15, 0.2) is 0 Å². The Hall–Kier alpha value is -0.270. The molecule has 0 aromatic carbocycles. The lowest BCUT2D eigenvalue weighted by Gasteiger charge is -2.20. The highest BCUT2D eigenvalue weighted by atomic mass is 32.2. The Balaban J connectivity index is 4.24. The molecule has 0 saturated carbocycles. The monoisotopic (exact) mass is 785 g/mol.